The van der Waals surface area contributed by atoms with Crippen molar-refractivity contribution in [3.8, 4) is 0 Å². The molecule has 1 heterocycles. The Labute approximate surface area is 118 Å². The van der Waals surface area contributed by atoms with Crippen LogP contribution in [-0.2, 0) is 4.79 Å². The van der Waals surface area contributed by atoms with Crippen molar-refractivity contribution in [1.29, 1.82) is 0 Å². The Morgan fingerprint density at radius 2 is 2.12 bits per heavy atom. The predicted octanol–water partition coefficient (Wildman–Crippen LogP) is 2.21. The van der Waals surface area contributed by atoms with Crippen LogP contribution < -0.4 is 11.1 Å². The van der Waals surface area contributed by atoms with Crippen molar-refractivity contribution in [1.82, 2.24) is 10.3 Å². The Kier molecular flexibility index (Phi) is 9.71. The van der Waals surface area contributed by atoms with Crippen molar-refractivity contribution >= 4 is 42.1 Å². The van der Waals surface area contributed by atoms with Crippen molar-refractivity contribution in [2.75, 3.05) is 0 Å². The average Bonchev–Trinajstić information content (AvgIpc) is 2.49. The number of nitrogens with two attached hydrogens (primary N) is 1. The first-order chi connectivity index (χ1) is 6.99. The van der Waals surface area contributed by atoms with Gasteiger partial charge in [0.1, 0.15) is 5.01 Å². The maximum absolute atomic E-state index is 11.4. The predicted molar refractivity (Wildman–Crippen MR) is 76.2 cm³/mol. The number of rotatable bonds is 4. The summed E-state index contributed by atoms with van der Waals surface area (Å²) in [5.74, 6) is -0.0228. The molecule has 2 unspecified atom stereocenters. The van der Waals surface area contributed by atoms with Gasteiger partial charge in [0, 0.05) is 23.5 Å². The van der Waals surface area contributed by atoms with Gasteiger partial charge < -0.3 is 11.1 Å². The van der Waals surface area contributed by atoms with Crippen LogP contribution in [0.4, 0.5) is 0 Å². The first kappa shape index (κ1) is 19.0. The van der Waals surface area contributed by atoms with Crippen LogP contribution in [0.25, 0.3) is 0 Å². The maximum Gasteiger partial charge on any atom is 0.222 e. The largest absolute Gasteiger partial charge is 0.347 e. The zero-order chi connectivity index (χ0) is 11.4. The van der Waals surface area contributed by atoms with Gasteiger partial charge in [0.05, 0.1) is 6.04 Å². The number of nitrogens with zero attached hydrogens (tertiary/aromatic N) is 1. The molecule has 17 heavy (non-hydrogen) atoms. The number of hydrogen-bond donors (Lipinski definition) is 2. The Balaban J connectivity index is 0. The van der Waals surface area contributed by atoms with Gasteiger partial charge in [0.25, 0.3) is 0 Å². The van der Waals surface area contributed by atoms with Gasteiger partial charge in [-0.25, -0.2) is 4.98 Å². The first-order valence-corrected chi connectivity index (χ1v) is 5.84. The van der Waals surface area contributed by atoms with Crippen LogP contribution in [-0.4, -0.2) is 16.9 Å². The summed E-state index contributed by atoms with van der Waals surface area (Å²) in [5.41, 5.74) is 6.53. The highest BCUT2D eigenvalue weighted by molar-refractivity contribution is 7.09. The number of nitrogens with one attached hydrogen (secondary N) is 1. The van der Waals surface area contributed by atoms with E-state index < -0.39 is 0 Å². The Morgan fingerprint density at radius 3 is 2.53 bits per heavy atom. The molecule has 0 aromatic carbocycles. The Morgan fingerprint density at radius 1 is 1.53 bits per heavy atom. The van der Waals surface area contributed by atoms with Crippen molar-refractivity contribution in [3.05, 3.63) is 16.1 Å². The van der Waals surface area contributed by atoms with Crippen LogP contribution >= 0.6 is 36.2 Å². The molecule has 0 saturated heterocycles. The molecular formula is C10H19Cl2N3OS. The van der Waals surface area contributed by atoms with E-state index >= 15 is 0 Å². The van der Waals surface area contributed by atoms with Crippen LogP contribution in [0.15, 0.2) is 5.38 Å². The molecule has 0 radical (unpaired) electrons. The molecule has 1 amide bonds. The van der Waals surface area contributed by atoms with Crippen LogP contribution in [0.5, 0.6) is 0 Å². The normalized spacial score (nSPS) is 12.9. The molecule has 100 valence electrons. The van der Waals surface area contributed by atoms with E-state index in [0.717, 1.165) is 10.7 Å². The molecule has 0 aliphatic carbocycles. The third-order valence-corrected chi connectivity index (χ3v) is 3.04. The van der Waals surface area contributed by atoms with Gasteiger partial charge in [-0.05, 0) is 20.8 Å². The number of thiazole rings is 1. The summed E-state index contributed by atoms with van der Waals surface area (Å²) in [4.78, 5) is 15.7. The number of carbonyl (C=O) groups is 1. The Bertz CT molecular complexity index is 344. The van der Waals surface area contributed by atoms with Gasteiger partial charge in [-0.3, -0.25) is 4.79 Å². The van der Waals surface area contributed by atoms with E-state index in [-0.39, 0.29) is 42.8 Å². The molecule has 0 bridgehead atoms. The van der Waals surface area contributed by atoms with Gasteiger partial charge in [-0.2, -0.15) is 0 Å². The van der Waals surface area contributed by atoms with Crippen LogP contribution in [0.2, 0.25) is 0 Å². The summed E-state index contributed by atoms with van der Waals surface area (Å²) in [6.45, 7) is 5.69. The summed E-state index contributed by atoms with van der Waals surface area (Å²) in [7, 11) is 0. The molecule has 0 spiro atoms. The number of amides is 1. The van der Waals surface area contributed by atoms with Crippen LogP contribution in [0, 0.1) is 6.92 Å². The minimum atomic E-state index is -0.102. The minimum Gasteiger partial charge on any atom is -0.347 e. The van der Waals surface area contributed by atoms with Gasteiger partial charge in [-0.15, -0.1) is 36.2 Å². The zero-order valence-corrected chi connectivity index (χ0v) is 12.5. The quantitative estimate of drug-likeness (QED) is 0.896. The monoisotopic (exact) mass is 299 g/mol. The molecule has 1 aromatic rings. The number of hydrogen-bond acceptors (Lipinski definition) is 4. The molecule has 1 aromatic heterocycles. The van der Waals surface area contributed by atoms with E-state index in [0.29, 0.717) is 6.42 Å². The summed E-state index contributed by atoms with van der Waals surface area (Å²) in [6.07, 6.45) is 0.356. The standard InChI is InChI=1S/C10H17N3OS.2ClH/c1-6(11)4-9(14)13-8(3)10-12-7(2)5-15-10;;/h5-6,8H,4,11H2,1-3H3,(H,13,14);2*1H. The summed E-state index contributed by atoms with van der Waals surface area (Å²) >= 11 is 1.56. The SMILES string of the molecule is Cc1csc(C(C)NC(=O)CC(C)N)n1.Cl.Cl. The molecule has 0 fully saturated rings. The maximum atomic E-state index is 11.4. The van der Waals surface area contributed by atoms with E-state index in [9.17, 15) is 4.79 Å². The molecule has 1 rings (SSSR count). The second-order valence-electron chi connectivity index (χ2n) is 3.80. The smallest absolute Gasteiger partial charge is 0.222 e. The van der Waals surface area contributed by atoms with Crippen molar-refractivity contribution in [3.63, 3.8) is 0 Å². The summed E-state index contributed by atoms with van der Waals surface area (Å²) in [6, 6.07) is -0.134. The Hall–Kier alpha value is -0.360. The van der Waals surface area contributed by atoms with Gasteiger partial charge in [-0.1, -0.05) is 0 Å². The topological polar surface area (TPSA) is 68.0 Å². The lowest BCUT2D eigenvalue weighted by atomic mass is 10.2. The lowest BCUT2D eigenvalue weighted by molar-refractivity contribution is -0.122. The average molecular weight is 300 g/mol. The zero-order valence-electron chi connectivity index (χ0n) is 10.1. The molecule has 2 atom stereocenters. The van der Waals surface area contributed by atoms with Gasteiger partial charge in [0.2, 0.25) is 5.91 Å². The number of carbonyl (C=O) groups excluding carboxylic acids is 1. The summed E-state index contributed by atoms with van der Waals surface area (Å²) in [5, 5.41) is 5.78. The second kappa shape index (κ2) is 8.69. The third-order valence-electron chi connectivity index (χ3n) is 1.89. The van der Waals surface area contributed by atoms with Crippen molar-refractivity contribution in [2.45, 2.75) is 39.3 Å². The molecule has 7 heteroatoms. The highest BCUT2D eigenvalue weighted by Crippen LogP contribution is 2.17. The van der Waals surface area contributed by atoms with Crippen molar-refractivity contribution < 1.29 is 4.79 Å². The molecular weight excluding hydrogens is 281 g/mol. The van der Waals surface area contributed by atoms with Gasteiger partial charge in [0.15, 0.2) is 0 Å². The van der Waals surface area contributed by atoms with E-state index in [2.05, 4.69) is 10.3 Å². The van der Waals surface area contributed by atoms with E-state index in [1.807, 2.05) is 26.2 Å². The fourth-order valence-corrected chi connectivity index (χ4v) is 2.03. The lowest BCUT2D eigenvalue weighted by Gasteiger charge is -2.12. The third kappa shape index (κ3) is 6.83. The van der Waals surface area contributed by atoms with Crippen molar-refractivity contribution in [2.24, 2.45) is 5.73 Å². The molecule has 3 N–H and O–H groups in total. The van der Waals surface area contributed by atoms with Gasteiger partial charge >= 0.3 is 0 Å². The number of aryl methyl sites for hydroxylation is 1. The van der Waals surface area contributed by atoms with Crippen LogP contribution in [0.1, 0.15) is 37.0 Å². The highest BCUT2D eigenvalue weighted by Gasteiger charge is 2.13. The minimum absolute atomic E-state index is 0. The highest BCUT2D eigenvalue weighted by atomic mass is 35.5. The first-order valence-electron chi connectivity index (χ1n) is 4.96. The molecule has 0 aliphatic rings. The molecule has 4 nitrogen and oxygen atoms in total. The second-order valence-corrected chi connectivity index (χ2v) is 4.69. The summed E-state index contributed by atoms with van der Waals surface area (Å²) < 4.78 is 0. The van der Waals surface area contributed by atoms with E-state index in [4.69, 9.17) is 5.73 Å². The fraction of sp³-hybridized carbons (Fsp3) is 0.600. The van der Waals surface area contributed by atoms with E-state index in [1.165, 1.54) is 0 Å². The lowest BCUT2D eigenvalue weighted by Crippen LogP contribution is -2.31. The molecule has 0 saturated carbocycles. The molecule has 0 aliphatic heterocycles. The number of aromatic nitrogens is 1. The van der Waals surface area contributed by atoms with Crippen LogP contribution in [0.3, 0.4) is 0 Å². The fourth-order valence-electron chi connectivity index (χ4n) is 1.23. The number of halogens is 2. The van der Waals surface area contributed by atoms with E-state index in [1.54, 1.807) is 11.3 Å².